The van der Waals surface area contributed by atoms with Crippen molar-refractivity contribution in [2.75, 3.05) is 24.6 Å². The van der Waals surface area contributed by atoms with Gasteiger partial charge in [0.25, 0.3) is 11.6 Å². The van der Waals surface area contributed by atoms with Gasteiger partial charge in [-0.05, 0) is 46.6 Å². The molecule has 0 aromatic heterocycles. The molecule has 2 aromatic rings. The number of anilines is 1. The van der Waals surface area contributed by atoms with E-state index in [-0.39, 0.29) is 18.2 Å². The smallest absolute Gasteiger partial charge is 0.270 e. The fourth-order valence-corrected chi connectivity index (χ4v) is 4.34. The van der Waals surface area contributed by atoms with Crippen LogP contribution in [0.3, 0.4) is 0 Å². The van der Waals surface area contributed by atoms with Crippen molar-refractivity contribution in [2.45, 2.75) is 6.92 Å². The predicted molar refractivity (Wildman–Crippen MR) is 110 cm³/mol. The van der Waals surface area contributed by atoms with Crippen molar-refractivity contribution in [1.82, 2.24) is 0 Å². The normalized spacial score (nSPS) is 13.1. The summed E-state index contributed by atoms with van der Waals surface area (Å²) in [5.41, 5.74) is 1.97. The molecule has 9 heteroatoms. The van der Waals surface area contributed by atoms with Crippen LogP contribution in [0.4, 0.5) is 11.4 Å². The summed E-state index contributed by atoms with van der Waals surface area (Å²) < 4.78 is 7.40. The zero-order valence-electron chi connectivity index (χ0n) is 14.3. The van der Waals surface area contributed by atoms with Gasteiger partial charge in [0, 0.05) is 34.9 Å². The number of carbonyl (C=O) groups is 1. The largest absolute Gasteiger partial charge is 0.482 e. The highest BCUT2D eigenvalue weighted by atomic mass is 79.9. The Morgan fingerprint density at radius 3 is 2.81 bits per heavy atom. The summed E-state index contributed by atoms with van der Waals surface area (Å²) in [5, 5.41) is 11.0. The first-order valence-corrected chi connectivity index (χ1v) is 9.62. The van der Waals surface area contributed by atoms with Gasteiger partial charge in [-0.1, -0.05) is 15.9 Å². The topological polar surface area (TPSA) is 85.0 Å². The summed E-state index contributed by atoms with van der Waals surface area (Å²) >= 11 is 6.85. The number of nitro benzene ring substituents is 1. The van der Waals surface area contributed by atoms with Gasteiger partial charge < -0.3 is 9.64 Å². The molecule has 3 rings (SSSR count). The number of aryl methyl sites for hydroxylation is 1. The third kappa shape index (κ3) is 4.36. The van der Waals surface area contributed by atoms with E-state index < -0.39 is 4.92 Å². The molecule has 7 nitrogen and oxygen atoms in total. The molecule has 1 amide bonds. The van der Waals surface area contributed by atoms with E-state index in [9.17, 15) is 14.9 Å². The van der Waals surface area contributed by atoms with Gasteiger partial charge >= 0.3 is 0 Å². The number of hydrogen-bond acceptors (Lipinski definition) is 5. The molecule has 0 atom stereocenters. The molecule has 1 aliphatic rings. The number of halogens is 2. The zero-order valence-corrected chi connectivity index (χ0v) is 17.5. The summed E-state index contributed by atoms with van der Waals surface area (Å²) in [6.45, 7) is 2.53. The van der Waals surface area contributed by atoms with E-state index in [2.05, 4.69) is 36.9 Å². The van der Waals surface area contributed by atoms with E-state index in [1.54, 1.807) is 17.2 Å². The molecule has 0 N–H and O–H groups in total. The third-order valence-corrected chi connectivity index (χ3v) is 5.08. The Morgan fingerprint density at radius 1 is 1.33 bits per heavy atom. The first-order valence-electron chi connectivity index (χ1n) is 8.04. The van der Waals surface area contributed by atoms with Gasteiger partial charge in [-0.15, -0.1) is 0 Å². The first-order chi connectivity index (χ1) is 12.9. The zero-order chi connectivity index (χ0) is 19.6. The van der Waals surface area contributed by atoms with E-state index in [1.165, 1.54) is 12.1 Å². The number of carbonyl (C=O) groups excluding carboxylic acids is 1. The van der Waals surface area contributed by atoms with Crippen LogP contribution in [0.25, 0.3) is 0 Å². The molecular weight excluding hydrogens is 482 g/mol. The molecule has 0 saturated carbocycles. The van der Waals surface area contributed by atoms with Crippen LogP contribution in [0.2, 0.25) is 0 Å². The maximum absolute atomic E-state index is 12.8. The number of benzene rings is 2. The minimum Gasteiger partial charge on any atom is -0.482 e. The molecule has 0 aliphatic carbocycles. The van der Waals surface area contributed by atoms with Gasteiger partial charge in [0.1, 0.15) is 5.75 Å². The molecule has 0 unspecified atom stereocenters. The maximum atomic E-state index is 12.8. The lowest BCUT2D eigenvalue weighted by atomic mass is 10.1. The Bertz CT molecular complexity index is 923. The van der Waals surface area contributed by atoms with Crippen LogP contribution in [0, 0.1) is 17.0 Å². The number of nitro groups is 1. The second kappa shape index (κ2) is 8.18. The van der Waals surface area contributed by atoms with E-state index in [4.69, 9.17) is 4.74 Å². The Kier molecular flexibility index (Phi) is 5.91. The number of non-ortho nitro benzene ring substituents is 1. The number of ether oxygens (including phenoxy) is 1. The lowest BCUT2D eigenvalue weighted by Gasteiger charge is -2.23. The highest BCUT2D eigenvalue weighted by Crippen LogP contribution is 2.32. The number of amides is 1. The summed E-state index contributed by atoms with van der Waals surface area (Å²) in [4.78, 5) is 29.1. The minimum absolute atomic E-state index is 0.0415. The number of benzodiazepines with no additional fused rings is 1. The Hall–Kier alpha value is -2.26. The highest BCUT2D eigenvalue weighted by Gasteiger charge is 2.22. The van der Waals surface area contributed by atoms with Gasteiger partial charge in [0.15, 0.2) is 6.61 Å². The summed E-state index contributed by atoms with van der Waals surface area (Å²) in [6.07, 6.45) is 1.56. The lowest BCUT2D eigenvalue weighted by molar-refractivity contribution is -0.384. The average Bonchev–Trinajstić information content (AvgIpc) is 2.82. The van der Waals surface area contributed by atoms with Gasteiger partial charge in [-0.25, -0.2) is 0 Å². The van der Waals surface area contributed by atoms with Crippen molar-refractivity contribution in [3.05, 3.63) is 60.5 Å². The van der Waals surface area contributed by atoms with Crippen LogP contribution in [0.5, 0.6) is 5.75 Å². The van der Waals surface area contributed by atoms with Crippen molar-refractivity contribution in [3.63, 3.8) is 0 Å². The number of rotatable bonds is 4. The van der Waals surface area contributed by atoms with E-state index in [1.807, 2.05) is 19.1 Å². The van der Waals surface area contributed by atoms with Crippen molar-refractivity contribution in [3.8, 4) is 5.75 Å². The van der Waals surface area contributed by atoms with Gasteiger partial charge in [0.2, 0.25) is 0 Å². The third-order valence-electron chi connectivity index (χ3n) is 4.03. The molecule has 140 valence electrons. The fraction of sp³-hybridized carbons (Fsp3) is 0.222. The molecule has 2 aromatic carbocycles. The second-order valence-corrected chi connectivity index (χ2v) is 7.67. The summed E-state index contributed by atoms with van der Waals surface area (Å²) in [6, 6.07) is 8.12. The quantitative estimate of drug-likeness (QED) is 0.467. The number of hydrogen-bond donors (Lipinski definition) is 0. The second-order valence-electron chi connectivity index (χ2n) is 5.90. The van der Waals surface area contributed by atoms with Crippen molar-refractivity contribution < 1.29 is 14.5 Å². The lowest BCUT2D eigenvalue weighted by Crippen LogP contribution is -2.37. The molecule has 1 aliphatic heterocycles. The molecule has 0 radical (unpaired) electrons. The van der Waals surface area contributed by atoms with Gasteiger partial charge in [-0.2, -0.15) is 0 Å². The van der Waals surface area contributed by atoms with Crippen LogP contribution >= 0.6 is 31.9 Å². The van der Waals surface area contributed by atoms with Crippen LogP contribution in [-0.2, 0) is 4.79 Å². The number of aliphatic imine (C=N–C) groups is 1. The predicted octanol–water partition coefficient (Wildman–Crippen LogP) is 4.27. The minimum atomic E-state index is -0.470. The SMILES string of the molecule is Cc1cc(Br)cc(Br)c1OCC(=O)N1CCN=Cc2cc([N+](=O)[O-])ccc21. The maximum Gasteiger partial charge on any atom is 0.270 e. The van der Waals surface area contributed by atoms with Crippen LogP contribution in [0.1, 0.15) is 11.1 Å². The molecular formula is C18H15Br2N3O4. The molecule has 0 fully saturated rings. The first kappa shape index (κ1) is 19.5. The van der Waals surface area contributed by atoms with E-state index in [0.717, 1.165) is 14.5 Å². The van der Waals surface area contributed by atoms with Crippen molar-refractivity contribution in [2.24, 2.45) is 4.99 Å². The Balaban J connectivity index is 1.81. The standard InChI is InChI=1S/C18H15Br2N3O4/c1-11-6-13(19)8-15(20)18(11)27-10-17(24)22-5-4-21-9-12-7-14(23(25)26)2-3-16(12)22/h2-3,6-9H,4-5,10H2,1H3. The van der Waals surface area contributed by atoms with Gasteiger partial charge in [0.05, 0.1) is 21.6 Å². The fourth-order valence-electron chi connectivity index (χ4n) is 2.79. The van der Waals surface area contributed by atoms with Crippen LogP contribution in [0.15, 0.2) is 44.3 Å². The Morgan fingerprint density at radius 2 is 2.11 bits per heavy atom. The van der Waals surface area contributed by atoms with E-state index in [0.29, 0.717) is 30.1 Å². The molecule has 1 heterocycles. The summed E-state index contributed by atoms with van der Waals surface area (Å²) in [5.74, 6) is 0.353. The highest BCUT2D eigenvalue weighted by molar-refractivity contribution is 9.11. The van der Waals surface area contributed by atoms with Crippen molar-refractivity contribution in [1.29, 1.82) is 0 Å². The average molecular weight is 497 g/mol. The molecule has 0 spiro atoms. The molecule has 0 saturated heterocycles. The number of fused-ring (bicyclic) bond motifs is 1. The van der Waals surface area contributed by atoms with Gasteiger partial charge in [-0.3, -0.25) is 19.9 Å². The monoisotopic (exact) mass is 495 g/mol. The number of nitrogens with zero attached hydrogens (tertiary/aromatic N) is 3. The van der Waals surface area contributed by atoms with E-state index >= 15 is 0 Å². The van der Waals surface area contributed by atoms with Crippen molar-refractivity contribution >= 4 is 55.4 Å². The Labute approximate surface area is 172 Å². The molecule has 0 bridgehead atoms. The molecule has 27 heavy (non-hydrogen) atoms. The van der Waals surface area contributed by atoms with Crippen LogP contribution < -0.4 is 9.64 Å². The summed E-state index contributed by atoms with van der Waals surface area (Å²) in [7, 11) is 0. The van der Waals surface area contributed by atoms with Crippen LogP contribution in [-0.4, -0.2) is 36.7 Å².